The van der Waals surface area contributed by atoms with Crippen LogP contribution in [0.4, 0.5) is 0 Å². The molecule has 2 aromatic heterocycles. The highest BCUT2D eigenvalue weighted by Crippen LogP contribution is 2.44. The summed E-state index contributed by atoms with van der Waals surface area (Å²) in [4.78, 5) is 0. The molecule has 0 aliphatic rings. The van der Waals surface area contributed by atoms with Crippen LogP contribution in [-0.2, 0) is 0 Å². The number of benzene rings is 8. The average molecular weight is 611 g/mol. The van der Waals surface area contributed by atoms with Crippen LogP contribution in [0.3, 0.4) is 0 Å². The number of furan rings is 1. The van der Waals surface area contributed by atoms with Crippen molar-refractivity contribution in [2.24, 2.45) is 0 Å². The number of para-hydroxylation sites is 1. The van der Waals surface area contributed by atoms with Gasteiger partial charge in [-0.25, -0.2) is 0 Å². The van der Waals surface area contributed by atoms with E-state index in [1.54, 1.807) is 0 Å². The van der Waals surface area contributed by atoms with Crippen LogP contribution in [0.1, 0.15) is 5.56 Å². The van der Waals surface area contributed by atoms with Crippen LogP contribution in [-0.4, -0.2) is 4.57 Å². The summed E-state index contributed by atoms with van der Waals surface area (Å²) in [5, 5.41) is 19.0. The van der Waals surface area contributed by atoms with Crippen molar-refractivity contribution < 1.29 is 4.42 Å². The fourth-order valence-corrected chi connectivity index (χ4v) is 7.57. The summed E-state index contributed by atoms with van der Waals surface area (Å²) < 4.78 is 8.97. The molecule has 0 saturated carbocycles. The Hall–Kier alpha value is -6.63. The molecule has 0 bridgehead atoms. The summed E-state index contributed by atoms with van der Waals surface area (Å²) >= 11 is 0. The highest BCUT2D eigenvalue weighted by atomic mass is 16.3. The van der Waals surface area contributed by atoms with Gasteiger partial charge in [-0.2, -0.15) is 5.26 Å². The number of nitriles is 1. The summed E-state index contributed by atoms with van der Waals surface area (Å²) in [6, 6.07) is 57.8. The lowest BCUT2D eigenvalue weighted by molar-refractivity contribution is 0.670. The molecular formula is C45H26N2O. The molecule has 0 aliphatic carbocycles. The first-order valence-electron chi connectivity index (χ1n) is 16.2. The second-order valence-electron chi connectivity index (χ2n) is 12.4. The molecular weight excluding hydrogens is 585 g/mol. The highest BCUT2D eigenvalue weighted by Gasteiger charge is 2.19. The van der Waals surface area contributed by atoms with E-state index in [9.17, 15) is 5.26 Å². The zero-order valence-electron chi connectivity index (χ0n) is 25.8. The Labute approximate surface area is 276 Å². The maximum absolute atomic E-state index is 9.69. The minimum Gasteiger partial charge on any atom is -0.455 e. The number of hydrogen-bond donors (Lipinski definition) is 0. The molecule has 0 amide bonds. The number of aromatic nitrogens is 1. The number of rotatable bonds is 3. The van der Waals surface area contributed by atoms with Crippen LogP contribution in [0.2, 0.25) is 0 Å². The van der Waals surface area contributed by atoms with Crippen molar-refractivity contribution in [3.63, 3.8) is 0 Å². The predicted molar refractivity (Wildman–Crippen MR) is 199 cm³/mol. The van der Waals surface area contributed by atoms with Crippen LogP contribution in [0.15, 0.2) is 162 Å². The molecule has 0 radical (unpaired) electrons. The van der Waals surface area contributed by atoms with E-state index >= 15 is 0 Å². The van der Waals surface area contributed by atoms with E-state index in [-0.39, 0.29) is 0 Å². The van der Waals surface area contributed by atoms with E-state index in [1.165, 1.54) is 26.9 Å². The second-order valence-corrected chi connectivity index (χ2v) is 12.4. The van der Waals surface area contributed by atoms with Crippen molar-refractivity contribution in [3.8, 4) is 34.0 Å². The molecule has 0 fully saturated rings. The molecule has 0 spiro atoms. The molecule has 0 atom stereocenters. The second kappa shape index (κ2) is 10.2. The van der Waals surface area contributed by atoms with Crippen molar-refractivity contribution in [1.29, 1.82) is 5.26 Å². The van der Waals surface area contributed by atoms with Gasteiger partial charge >= 0.3 is 0 Å². The lowest BCUT2D eigenvalue weighted by Gasteiger charge is -2.10. The quantitative estimate of drug-likeness (QED) is 0.200. The van der Waals surface area contributed by atoms with Crippen molar-refractivity contribution in [2.45, 2.75) is 0 Å². The zero-order valence-corrected chi connectivity index (χ0v) is 25.8. The lowest BCUT2D eigenvalue weighted by atomic mass is 9.94. The maximum Gasteiger partial charge on any atom is 0.143 e. The molecule has 8 aromatic carbocycles. The standard InChI is InChI=1S/C45H26N2O/c46-27-28-14-21-40-38(24-28)39-25-32(19-22-41(39)47(40)34-10-2-1-3-11-34)29-15-17-31(18-16-29)37-26-33-9-5-7-13-36(33)44-43-35-12-6-4-8-30(35)20-23-42(43)48-45(37)44/h1-26H. The topological polar surface area (TPSA) is 41.9 Å². The van der Waals surface area contributed by atoms with Crippen molar-refractivity contribution >= 4 is 65.3 Å². The molecule has 48 heavy (non-hydrogen) atoms. The third-order valence-corrected chi connectivity index (χ3v) is 9.79. The molecule has 0 N–H and O–H groups in total. The third-order valence-electron chi connectivity index (χ3n) is 9.79. The van der Waals surface area contributed by atoms with Gasteiger partial charge in [-0.05, 0) is 92.8 Å². The zero-order chi connectivity index (χ0) is 31.8. The van der Waals surface area contributed by atoms with Gasteiger partial charge in [-0.3, -0.25) is 0 Å². The Morgan fingerprint density at radius 3 is 1.92 bits per heavy atom. The van der Waals surface area contributed by atoms with Crippen LogP contribution in [0, 0.1) is 11.3 Å². The summed E-state index contributed by atoms with van der Waals surface area (Å²) in [7, 11) is 0. The van der Waals surface area contributed by atoms with Gasteiger partial charge in [-0.1, -0.05) is 103 Å². The fraction of sp³-hybridized carbons (Fsp3) is 0. The van der Waals surface area contributed by atoms with Crippen molar-refractivity contribution in [1.82, 2.24) is 4.57 Å². The monoisotopic (exact) mass is 610 g/mol. The minimum atomic E-state index is 0.657. The highest BCUT2D eigenvalue weighted by molar-refractivity contribution is 6.28. The maximum atomic E-state index is 9.69. The summed E-state index contributed by atoms with van der Waals surface area (Å²) in [5.74, 6) is 0. The smallest absolute Gasteiger partial charge is 0.143 e. The van der Waals surface area contributed by atoms with Gasteiger partial charge in [0, 0.05) is 32.8 Å². The third kappa shape index (κ3) is 3.87. The molecule has 2 heterocycles. The molecule has 10 rings (SSSR count). The Balaban J connectivity index is 1.15. The molecule has 0 aliphatic heterocycles. The SMILES string of the molecule is N#Cc1ccc2c(c1)c1cc(-c3ccc(-c4cc5ccccc5c5c4oc4ccc6ccccc6c45)cc3)ccc1n2-c1ccccc1. The fourth-order valence-electron chi connectivity index (χ4n) is 7.57. The molecule has 3 heteroatoms. The first kappa shape index (κ1) is 26.6. The van der Waals surface area contributed by atoms with E-state index in [4.69, 9.17) is 4.42 Å². The Morgan fingerprint density at radius 2 is 1.12 bits per heavy atom. The summed E-state index contributed by atoms with van der Waals surface area (Å²) in [5.41, 5.74) is 10.2. The van der Waals surface area contributed by atoms with Gasteiger partial charge in [0.1, 0.15) is 11.2 Å². The van der Waals surface area contributed by atoms with E-state index in [2.05, 4.69) is 150 Å². The van der Waals surface area contributed by atoms with Crippen LogP contribution < -0.4 is 0 Å². The normalized spacial score (nSPS) is 11.7. The van der Waals surface area contributed by atoms with E-state index in [1.807, 2.05) is 18.2 Å². The van der Waals surface area contributed by atoms with Gasteiger partial charge in [0.25, 0.3) is 0 Å². The largest absolute Gasteiger partial charge is 0.455 e. The Kier molecular flexibility index (Phi) is 5.64. The van der Waals surface area contributed by atoms with Gasteiger partial charge in [0.05, 0.1) is 22.7 Å². The number of hydrogen-bond acceptors (Lipinski definition) is 2. The number of fused-ring (bicyclic) bond motifs is 10. The molecule has 0 unspecified atom stereocenters. The van der Waals surface area contributed by atoms with Gasteiger partial charge in [0.15, 0.2) is 0 Å². The van der Waals surface area contributed by atoms with Crippen LogP contribution >= 0.6 is 0 Å². The van der Waals surface area contributed by atoms with E-state index < -0.39 is 0 Å². The molecule has 3 nitrogen and oxygen atoms in total. The summed E-state index contributed by atoms with van der Waals surface area (Å²) in [6.45, 7) is 0. The van der Waals surface area contributed by atoms with Crippen LogP contribution in [0.5, 0.6) is 0 Å². The summed E-state index contributed by atoms with van der Waals surface area (Å²) in [6.07, 6.45) is 0. The van der Waals surface area contributed by atoms with Crippen LogP contribution in [0.25, 0.3) is 93.2 Å². The van der Waals surface area contributed by atoms with E-state index in [0.29, 0.717) is 5.56 Å². The van der Waals surface area contributed by atoms with Gasteiger partial charge in [0.2, 0.25) is 0 Å². The predicted octanol–water partition coefficient (Wildman–Crippen LogP) is 12.2. The average Bonchev–Trinajstić information content (AvgIpc) is 3.71. The molecule has 0 saturated heterocycles. The Morgan fingerprint density at radius 1 is 0.479 bits per heavy atom. The first-order valence-corrected chi connectivity index (χ1v) is 16.2. The number of nitrogens with zero attached hydrogens (tertiary/aromatic N) is 2. The van der Waals surface area contributed by atoms with Crippen molar-refractivity contribution in [2.75, 3.05) is 0 Å². The first-order chi connectivity index (χ1) is 23.7. The Bertz CT molecular complexity index is 2940. The van der Waals surface area contributed by atoms with E-state index in [0.717, 1.165) is 66.3 Å². The molecule has 222 valence electrons. The van der Waals surface area contributed by atoms with Gasteiger partial charge in [-0.15, -0.1) is 0 Å². The molecule has 10 aromatic rings. The minimum absolute atomic E-state index is 0.657. The lowest BCUT2D eigenvalue weighted by Crippen LogP contribution is -1.93. The van der Waals surface area contributed by atoms with Gasteiger partial charge < -0.3 is 8.98 Å². The van der Waals surface area contributed by atoms with Crippen molar-refractivity contribution in [3.05, 3.63) is 163 Å².